The van der Waals surface area contributed by atoms with E-state index in [0.29, 0.717) is 17.7 Å². The van der Waals surface area contributed by atoms with E-state index in [1.54, 1.807) is 7.11 Å². The fraction of sp³-hybridized carbons (Fsp3) is 0.462. The van der Waals surface area contributed by atoms with Crippen LogP contribution in [0.5, 0.6) is 5.75 Å². The predicted octanol–water partition coefficient (Wildman–Crippen LogP) is 2.14. The number of ether oxygens (including phenoxy) is 1. The van der Waals surface area contributed by atoms with Crippen molar-refractivity contribution in [3.8, 4) is 5.75 Å². The third-order valence-electron chi connectivity index (χ3n) is 3.75. The number of methoxy groups -OCH3 is 1. The monoisotopic (exact) mass is 312 g/mol. The molecule has 1 aliphatic heterocycles. The van der Waals surface area contributed by atoms with E-state index < -0.39 is 9.84 Å². The molecule has 1 aliphatic rings. The van der Waals surface area contributed by atoms with Gasteiger partial charge in [0.1, 0.15) is 5.75 Å². The van der Waals surface area contributed by atoms with Crippen molar-refractivity contribution in [2.45, 2.75) is 13.0 Å². The second-order valence-corrected chi connectivity index (χ2v) is 7.81. The molecule has 0 aliphatic carbocycles. The van der Waals surface area contributed by atoms with Crippen LogP contribution in [0.1, 0.15) is 6.42 Å². The number of rotatable bonds is 3. The molecule has 2 aromatic rings. The molecule has 1 saturated heterocycles. The van der Waals surface area contributed by atoms with Gasteiger partial charge in [-0.15, -0.1) is 0 Å². The number of aromatic amines is 1. The number of hydrogen-bond acceptors (Lipinski definition) is 4. The van der Waals surface area contributed by atoms with E-state index >= 15 is 0 Å². The maximum atomic E-state index is 11.6. The lowest BCUT2D eigenvalue weighted by Gasteiger charge is -2.10. The minimum absolute atomic E-state index is 0.136. The van der Waals surface area contributed by atoms with Crippen LogP contribution >= 0.6 is 12.2 Å². The molecule has 0 bridgehead atoms. The molecular weight excluding hydrogens is 296 g/mol. The Kier molecular flexibility index (Phi) is 3.33. The lowest BCUT2D eigenvalue weighted by molar-refractivity contribution is 0.415. The summed E-state index contributed by atoms with van der Waals surface area (Å²) in [5.41, 5.74) is 1.90. The molecule has 0 spiro atoms. The van der Waals surface area contributed by atoms with Crippen molar-refractivity contribution < 1.29 is 13.2 Å². The van der Waals surface area contributed by atoms with Gasteiger partial charge in [-0.2, -0.15) is 0 Å². The highest BCUT2D eigenvalue weighted by Crippen LogP contribution is 2.25. The zero-order valence-electron chi connectivity index (χ0n) is 11.1. The quantitative estimate of drug-likeness (QED) is 0.882. The van der Waals surface area contributed by atoms with Crippen molar-refractivity contribution in [3.05, 3.63) is 23.0 Å². The van der Waals surface area contributed by atoms with Gasteiger partial charge in [0.25, 0.3) is 0 Å². The number of benzene rings is 1. The summed E-state index contributed by atoms with van der Waals surface area (Å²) in [7, 11) is -1.24. The van der Waals surface area contributed by atoms with Crippen LogP contribution in [0.4, 0.5) is 0 Å². The van der Waals surface area contributed by atoms with E-state index in [9.17, 15) is 8.42 Å². The molecule has 1 aromatic heterocycles. The second kappa shape index (κ2) is 4.89. The number of nitrogens with zero attached hydrogens (tertiary/aromatic N) is 1. The van der Waals surface area contributed by atoms with Crippen LogP contribution in [0.2, 0.25) is 0 Å². The summed E-state index contributed by atoms with van der Waals surface area (Å²) in [6.07, 6.45) is 0.709. The van der Waals surface area contributed by atoms with Gasteiger partial charge >= 0.3 is 0 Å². The summed E-state index contributed by atoms with van der Waals surface area (Å²) < 4.78 is 30.9. The molecule has 1 aromatic carbocycles. The lowest BCUT2D eigenvalue weighted by Crippen LogP contribution is -2.12. The highest BCUT2D eigenvalue weighted by molar-refractivity contribution is 7.91. The van der Waals surface area contributed by atoms with Gasteiger partial charge in [0.15, 0.2) is 14.6 Å². The fourth-order valence-electron chi connectivity index (χ4n) is 2.71. The Morgan fingerprint density at radius 2 is 2.30 bits per heavy atom. The molecule has 20 heavy (non-hydrogen) atoms. The van der Waals surface area contributed by atoms with Gasteiger partial charge < -0.3 is 14.3 Å². The van der Waals surface area contributed by atoms with Crippen molar-refractivity contribution in [2.75, 3.05) is 18.6 Å². The Morgan fingerprint density at radius 1 is 1.50 bits per heavy atom. The van der Waals surface area contributed by atoms with Crippen LogP contribution in [0, 0.1) is 10.7 Å². The van der Waals surface area contributed by atoms with E-state index in [1.807, 2.05) is 22.8 Å². The normalized spacial score (nSPS) is 21.4. The van der Waals surface area contributed by atoms with Gasteiger partial charge in [0.05, 0.1) is 29.6 Å². The molecule has 7 heteroatoms. The lowest BCUT2D eigenvalue weighted by atomic mass is 10.1. The number of nitrogens with one attached hydrogen (secondary N) is 1. The van der Waals surface area contributed by atoms with Crippen LogP contribution < -0.4 is 4.74 Å². The van der Waals surface area contributed by atoms with Crippen LogP contribution in [0.25, 0.3) is 11.0 Å². The molecular formula is C13H16N2O3S2. The summed E-state index contributed by atoms with van der Waals surface area (Å²) in [6, 6.07) is 5.72. The maximum Gasteiger partial charge on any atom is 0.178 e. The maximum absolute atomic E-state index is 11.6. The third-order valence-corrected chi connectivity index (χ3v) is 5.91. The Balaban J connectivity index is 1.98. The van der Waals surface area contributed by atoms with E-state index in [2.05, 4.69) is 4.98 Å². The summed E-state index contributed by atoms with van der Waals surface area (Å²) in [4.78, 5) is 3.15. The molecule has 0 amide bonds. The molecule has 3 rings (SSSR count). The number of hydrogen-bond donors (Lipinski definition) is 1. The van der Waals surface area contributed by atoms with E-state index in [1.165, 1.54) is 0 Å². The summed E-state index contributed by atoms with van der Waals surface area (Å²) >= 11 is 5.34. The molecule has 1 N–H and O–H groups in total. The Morgan fingerprint density at radius 3 is 2.95 bits per heavy atom. The van der Waals surface area contributed by atoms with Gasteiger partial charge in [-0.25, -0.2) is 8.42 Å². The summed E-state index contributed by atoms with van der Waals surface area (Å²) in [5.74, 6) is 1.44. The van der Waals surface area contributed by atoms with Crippen molar-refractivity contribution in [1.29, 1.82) is 0 Å². The van der Waals surface area contributed by atoms with Crippen LogP contribution in [-0.2, 0) is 16.4 Å². The smallest absolute Gasteiger partial charge is 0.178 e. The minimum Gasteiger partial charge on any atom is -0.497 e. The first-order chi connectivity index (χ1) is 9.48. The molecule has 1 fully saturated rings. The number of sulfone groups is 1. The van der Waals surface area contributed by atoms with Crippen LogP contribution in [0.3, 0.4) is 0 Å². The van der Waals surface area contributed by atoms with Crippen molar-refractivity contribution >= 4 is 33.1 Å². The van der Waals surface area contributed by atoms with Gasteiger partial charge in [-0.05, 0) is 36.7 Å². The second-order valence-electron chi connectivity index (χ2n) is 5.19. The molecule has 0 radical (unpaired) electrons. The molecule has 5 nitrogen and oxygen atoms in total. The summed E-state index contributed by atoms with van der Waals surface area (Å²) in [6.45, 7) is 0.630. The highest BCUT2D eigenvalue weighted by Gasteiger charge is 2.28. The molecule has 0 saturated carbocycles. The van der Waals surface area contributed by atoms with Crippen LogP contribution in [0.15, 0.2) is 18.2 Å². The largest absolute Gasteiger partial charge is 0.497 e. The Hall–Kier alpha value is -1.34. The average Bonchev–Trinajstić information content (AvgIpc) is 2.90. The number of fused-ring (bicyclic) bond motifs is 1. The van der Waals surface area contributed by atoms with Gasteiger partial charge in [0.2, 0.25) is 0 Å². The van der Waals surface area contributed by atoms with Crippen molar-refractivity contribution in [2.24, 2.45) is 5.92 Å². The Bertz CT molecular complexity index is 805. The molecule has 1 unspecified atom stereocenters. The van der Waals surface area contributed by atoms with Crippen molar-refractivity contribution in [1.82, 2.24) is 9.55 Å². The number of imidazole rings is 1. The van der Waals surface area contributed by atoms with Crippen LogP contribution in [-0.4, -0.2) is 36.6 Å². The zero-order valence-corrected chi connectivity index (χ0v) is 12.8. The third kappa shape index (κ3) is 2.47. The van der Waals surface area contributed by atoms with E-state index in [4.69, 9.17) is 17.0 Å². The SMILES string of the molecule is COc1ccc2[nH]c(=S)n(CC3CCS(=O)(=O)C3)c2c1. The van der Waals surface area contributed by atoms with E-state index in [0.717, 1.165) is 16.8 Å². The first-order valence-electron chi connectivity index (χ1n) is 6.45. The van der Waals surface area contributed by atoms with Crippen molar-refractivity contribution in [3.63, 3.8) is 0 Å². The minimum atomic E-state index is -2.86. The molecule has 1 atom stereocenters. The number of H-pyrrole nitrogens is 1. The topological polar surface area (TPSA) is 64.1 Å². The molecule has 2 heterocycles. The summed E-state index contributed by atoms with van der Waals surface area (Å²) in [5, 5.41) is 0. The highest BCUT2D eigenvalue weighted by atomic mass is 32.2. The first-order valence-corrected chi connectivity index (χ1v) is 8.68. The van der Waals surface area contributed by atoms with Gasteiger partial charge in [-0.1, -0.05) is 0 Å². The first kappa shape index (κ1) is 13.6. The number of aromatic nitrogens is 2. The molecule has 108 valence electrons. The Labute approximate surface area is 122 Å². The van der Waals surface area contributed by atoms with Gasteiger partial charge in [0, 0.05) is 12.6 Å². The predicted molar refractivity (Wildman–Crippen MR) is 80.4 cm³/mol. The average molecular weight is 312 g/mol. The zero-order chi connectivity index (χ0) is 14.3. The van der Waals surface area contributed by atoms with E-state index in [-0.39, 0.29) is 17.4 Å². The fourth-order valence-corrected chi connectivity index (χ4v) is 4.85. The van der Waals surface area contributed by atoms with Gasteiger partial charge in [-0.3, -0.25) is 0 Å². The standard InChI is InChI=1S/C13H16N2O3S2/c1-18-10-2-3-11-12(6-10)15(13(19)14-11)7-9-4-5-20(16,17)8-9/h2-3,6,9H,4-5,7-8H2,1H3,(H,14,19).